The molecular weight excluding hydrogens is 370 g/mol. The lowest BCUT2D eigenvalue weighted by atomic mass is 10.1. The molecule has 1 unspecified atom stereocenters. The molecule has 2 aromatic rings. The molecular formula is C20H24ClNO5. The summed E-state index contributed by atoms with van der Waals surface area (Å²) < 4.78 is 16.0. The highest BCUT2D eigenvalue weighted by Gasteiger charge is 2.15. The maximum atomic E-state index is 12.0. The van der Waals surface area contributed by atoms with Crippen molar-refractivity contribution in [3.8, 4) is 17.2 Å². The predicted molar refractivity (Wildman–Crippen MR) is 104 cm³/mol. The molecule has 0 aliphatic heterocycles. The van der Waals surface area contributed by atoms with Crippen LogP contribution in [0.3, 0.4) is 0 Å². The molecule has 7 heteroatoms. The number of carbonyl (C=O) groups excluding carboxylic acids is 1. The maximum absolute atomic E-state index is 12.0. The molecule has 0 aliphatic rings. The van der Waals surface area contributed by atoms with E-state index in [4.69, 9.17) is 25.8 Å². The van der Waals surface area contributed by atoms with E-state index in [-0.39, 0.29) is 12.5 Å². The summed E-state index contributed by atoms with van der Waals surface area (Å²) in [6, 6.07) is 12.2. The standard InChI is InChI=1S/C20H24ClNO5/c1-25-16-9-10-19(26-2)17(12-16)18(23)13-22-20(24)4-3-11-27-15-7-5-14(21)6-8-15/h5-10,12,18,23H,3-4,11,13H2,1-2H3,(H,22,24). The minimum absolute atomic E-state index is 0.0837. The van der Waals surface area contributed by atoms with Crippen LogP contribution < -0.4 is 19.5 Å². The van der Waals surface area contributed by atoms with Gasteiger partial charge in [0.2, 0.25) is 5.91 Å². The van der Waals surface area contributed by atoms with Crippen molar-refractivity contribution < 1.29 is 24.1 Å². The van der Waals surface area contributed by atoms with Crippen LogP contribution in [0, 0.1) is 0 Å². The first-order valence-electron chi connectivity index (χ1n) is 8.58. The topological polar surface area (TPSA) is 77.0 Å². The molecule has 0 bridgehead atoms. The molecule has 0 saturated carbocycles. The third-order valence-corrected chi connectivity index (χ3v) is 4.17. The Balaban J connectivity index is 1.74. The van der Waals surface area contributed by atoms with Crippen LogP contribution >= 0.6 is 11.6 Å². The van der Waals surface area contributed by atoms with Crippen LogP contribution in [0.5, 0.6) is 17.2 Å². The number of hydrogen-bond acceptors (Lipinski definition) is 5. The van der Waals surface area contributed by atoms with E-state index in [1.165, 1.54) is 7.11 Å². The molecule has 0 aromatic heterocycles. The molecule has 0 aliphatic carbocycles. The fourth-order valence-electron chi connectivity index (χ4n) is 2.46. The second-order valence-electron chi connectivity index (χ2n) is 5.83. The summed E-state index contributed by atoms with van der Waals surface area (Å²) in [5, 5.41) is 13.7. The van der Waals surface area contributed by atoms with Gasteiger partial charge in [0, 0.05) is 23.6 Å². The van der Waals surface area contributed by atoms with Gasteiger partial charge in [-0.05, 0) is 48.9 Å². The smallest absolute Gasteiger partial charge is 0.220 e. The van der Waals surface area contributed by atoms with Crippen molar-refractivity contribution in [1.29, 1.82) is 0 Å². The number of ether oxygens (including phenoxy) is 3. The summed E-state index contributed by atoms with van der Waals surface area (Å²) in [7, 11) is 3.07. The van der Waals surface area contributed by atoms with Crippen molar-refractivity contribution in [3.63, 3.8) is 0 Å². The van der Waals surface area contributed by atoms with Crippen molar-refractivity contribution in [2.45, 2.75) is 18.9 Å². The number of hydrogen-bond donors (Lipinski definition) is 2. The highest BCUT2D eigenvalue weighted by Crippen LogP contribution is 2.29. The molecule has 2 aromatic carbocycles. The summed E-state index contributed by atoms with van der Waals surface area (Å²) in [6.07, 6.45) is -0.0351. The molecule has 0 spiro atoms. The van der Waals surface area contributed by atoms with Crippen molar-refractivity contribution in [1.82, 2.24) is 5.32 Å². The lowest BCUT2D eigenvalue weighted by Gasteiger charge is -2.16. The molecule has 0 saturated heterocycles. The first-order valence-corrected chi connectivity index (χ1v) is 8.96. The first kappa shape index (κ1) is 20.9. The van der Waals surface area contributed by atoms with E-state index in [0.717, 1.165) is 0 Å². The Hall–Kier alpha value is -2.44. The quantitative estimate of drug-likeness (QED) is 0.605. The van der Waals surface area contributed by atoms with Crippen molar-refractivity contribution in [2.24, 2.45) is 0 Å². The second kappa shape index (κ2) is 10.6. The van der Waals surface area contributed by atoms with Crippen molar-refractivity contribution >= 4 is 17.5 Å². The second-order valence-corrected chi connectivity index (χ2v) is 6.27. The Bertz CT molecular complexity index is 736. The number of rotatable bonds is 10. The largest absolute Gasteiger partial charge is 0.497 e. The predicted octanol–water partition coefficient (Wildman–Crippen LogP) is 3.37. The van der Waals surface area contributed by atoms with Gasteiger partial charge in [0.25, 0.3) is 0 Å². The van der Waals surface area contributed by atoms with Crippen LogP contribution in [-0.2, 0) is 4.79 Å². The lowest BCUT2D eigenvalue weighted by Crippen LogP contribution is -2.28. The average Bonchev–Trinajstić information content (AvgIpc) is 2.70. The van der Waals surface area contributed by atoms with E-state index in [0.29, 0.717) is 47.3 Å². The third kappa shape index (κ3) is 6.66. The molecule has 0 radical (unpaired) electrons. The van der Waals surface area contributed by atoms with Gasteiger partial charge in [-0.3, -0.25) is 4.79 Å². The van der Waals surface area contributed by atoms with Gasteiger partial charge >= 0.3 is 0 Å². The van der Waals surface area contributed by atoms with Gasteiger partial charge in [-0.25, -0.2) is 0 Å². The summed E-state index contributed by atoms with van der Waals surface area (Å²) in [5.41, 5.74) is 0.559. The van der Waals surface area contributed by atoms with E-state index in [9.17, 15) is 9.90 Å². The minimum Gasteiger partial charge on any atom is -0.497 e. The van der Waals surface area contributed by atoms with E-state index in [1.807, 2.05) is 0 Å². The molecule has 146 valence electrons. The van der Waals surface area contributed by atoms with Gasteiger partial charge in [0.05, 0.1) is 26.9 Å². The van der Waals surface area contributed by atoms with Gasteiger partial charge in [0.15, 0.2) is 0 Å². The van der Waals surface area contributed by atoms with Crippen molar-refractivity contribution in [2.75, 3.05) is 27.4 Å². The van der Waals surface area contributed by atoms with Crippen molar-refractivity contribution in [3.05, 3.63) is 53.1 Å². The number of amides is 1. The highest BCUT2D eigenvalue weighted by atomic mass is 35.5. The van der Waals surface area contributed by atoms with Gasteiger partial charge in [-0.15, -0.1) is 0 Å². The molecule has 0 heterocycles. The SMILES string of the molecule is COc1ccc(OC)c(C(O)CNC(=O)CCCOc2ccc(Cl)cc2)c1. The van der Waals surface area contributed by atoms with Gasteiger partial charge in [0.1, 0.15) is 17.2 Å². The molecule has 6 nitrogen and oxygen atoms in total. The zero-order valence-electron chi connectivity index (χ0n) is 15.4. The summed E-state index contributed by atoms with van der Waals surface area (Å²) in [4.78, 5) is 12.0. The Morgan fingerprint density at radius 1 is 1.11 bits per heavy atom. The molecule has 0 fully saturated rings. The fraction of sp³-hybridized carbons (Fsp3) is 0.350. The Kier molecular flexibility index (Phi) is 8.23. The van der Waals surface area contributed by atoms with Crippen LogP contribution in [-0.4, -0.2) is 38.4 Å². The Labute approximate surface area is 164 Å². The number of aliphatic hydroxyl groups excluding tert-OH is 1. The van der Waals surface area contributed by atoms with E-state index < -0.39 is 6.10 Å². The van der Waals surface area contributed by atoms with Crippen LogP contribution in [0.15, 0.2) is 42.5 Å². The zero-order valence-corrected chi connectivity index (χ0v) is 16.2. The maximum Gasteiger partial charge on any atom is 0.220 e. The first-order chi connectivity index (χ1) is 13.0. The normalized spacial score (nSPS) is 11.6. The average molecular weight is 394 g/mol. The third-order valence-electron chi connectivity index (χ3n) is 3.92. The number of nitrogens with one attached hydrogen (secondary N) is 1. The van der Waals surface area contributed by atoms with E-state index in [2.05, 4.69) is 5.32 Å². The Morgan fingerprint density at radius 2 is 1.81 bits per heavy atom. The summed E-state index contributed by atoms with van der Waals surface area (Å²) in [6.45, 7) is 0.502. The highest BCUT2D eigenvalue weighted by molar-refractivity contribution is 6.30. The van der Waals surface area contributed by atoms with Gasteiger partial charge in [-0.2, -0.15) is 0 Å². The number of carbonyl (C=O) groups is 1. The molecule has 2 rings (SSSR count). The molecule has 27 heavy (non-hydrogen) atoms. The lowest BCUT2D eigenvalue weighted by molar-refractivity contribution is -0.121. The van der Waals surface area contributed by atoms with Crippen LogP contribution in [0.2, 0.25) is 5.02 Å². The monoisotopic (exact) mass is 393 g/mol. The fourth-order valence-corrected chi connectivity index (χ4v) is 2.59. The summed E-state index contributed by atoms with van der Waals surface area (Å²) in [5.74, 6) is 1.69. The zero-order chi connectivity index (χ0) is 19.6. The number of aliphatic hydroxyl groups is 1. The van der Waals surface area contributed by atoms with E-state index in [1.54, 1.807) is 49.6 Å². The van der Waals surface area contributed by atoms with Gasteiger partial charge in [-0.1, -0.05) is 11.6 Å². The minimum atomic E-state index is -0.899. The molecule has 1 atom stereocenters. The Morgan fingerprint density at radius 3 is 2.48 bits per heavy atom. The molecule has 2 N–H and O–H groups in total. The number of benzene rings is 2. The van der Waals surface area contributed by atoms with Crippen LogP contribution in [0.25, 0.3) is 0 Å². The number of halogens is 1. The van der Waals surface area contributed by atoms with Crippen LogP contribution in [0.4, 0.5) is 0 Å². The van der Waals surface area contributed by atoms with Gasteiger partial charge < -0.3 is 24.6 Å². The molecule has 1 amide bonds. The van der Waals surface area contributed by atoms with E-state index >= 15 is 0 Å². The summed E-state index contributed by atoms with van der Waals surface area (Å²) >= 11 is 5.81. The number of methoxy groups -OCH3 is 2. The van der Waals surface area contributed by atoms with Crippen LogP contribution in [0.1, 0.15) is 24.5 Å².